The third-order valence-corrected chi connectivity index (χ3v) is 3.36. The molecule has 1 aromatic heterocycles. The molecule has 0 aliphatic rings. The average Bonchev–Trinajstić information content (AvgIpc) is 2.60. The number of aromatic nitrogens is 2. The molecular formula is C16H17F3N4O3. The molecule has 10 heteroatoms. The van der Waals surface area contributed by atoms with Crippen molar-refractivity contribution in [2.75, 3.05) is 31.4 Å². The van der Waals surface area contributed by atoms with Gasteiger partial charge in [0, 0.05) is 18.8 Å². The number of nitrogens with one attached hydrogen (secondary N) is 2. The molecule has 0 spiro atoms. The number of nitrogens with zero attached hydrogens (tertiary/aromatic N) is 2. The topological polar surface area (TPSA) is 85.4 Å². The van der Waals surface area contributed by atoms with Crippen molar-refractivity contribution in [3.63, 3.8) is 0 Å². The van der Waals surface area contributed by atoms with E-state index in [-0.39, 0.29) is 35.4 Å². The standard InChI is InChI=1S/C16H17F3N4O3/c1-4-20-14-10(16(17,18)19)7-21-15(23-14)22-11-6-12(25-2)9(8-24)5-13(11)26-3/h5-8H,4H2,1-3H3,(H2,20,21,22,23). The van der Waals surface area contributed by atoms with Crippen molar-refractivity contribution in [1.29, 1.82) is 0 Å². The SMILES string of the molecule is CCNc1nc(Nc2cc(OC)c(C=O)cc2OC)ncc1C(F)(F)F. The Balaban J connectivity index is 2.45. The second-order valence-electron chi connectivity index (χ2n) is 5.02. The van der Waals surface area contributed by atoms with Gasteiger partial charge >= 0.3 is 6.18 Å². The molecule has 2 aromatic rings. The number of halogens is 3. The van der Waals surface area contributed by atoms with Gasteiger partial charge in [-0.1, -0.05) is 0 Å². The molecule has 0 atom stereocenters. The first-order valence-corrected chi connectivity index (χ1v) is 7.50. The Bertz CT molecular complexity index is 797. The zero-order chi connectivity index (χ0) is 19.3. The number of benzene rings is 1. The molecule has 7 nitrogen and oxygen atoms in total. The van der Waals surface area contributed by atoms with Gasteiger partial charge in [0.15, 0.2) is 6.29 Å². The van der Waals surface area contributed by atoms with Crippen LogP contribution in [-0.4, -0.2) is 37.0 Å². The van der Waals surface area contributed by atoms with Gasteiger partial charge in [0.05, 0.1) is 25.5 Å². The number of hydrogen-bond acceptors (Lipinski definition) is 7. The molecule has 0 radical (unpaired) electrons. The van der Waals surface area contributed by atoms with Gasteiger partial charge in [-0.25, -0.2) is 4.98 Å². The molecule has 0 fully saturated rings. The molecule has 0 amide bonds. The molecule has 2 N–H and O–H groups in total. The summed E-state index contributed by atoms with van der Waals surface area (Å²) >= 11 is 0. The number of methoxy groups -OCH3 is 2. The maximum Gasteiger partial charge on any atom is 0.421 e. The second kappa shape index (κ2) is 7.89. The van der Waals surface area contributed by atoms with Crippen LogP contribution in [0, 0.1) is 0 Å². The highest BCUT2D eigenvalue weighted by Crippen LogP contribution is 2.36. The molecule has 0 unspecified atom stereocenters. The van der Waals surface area contributed by atoms with Gasteiger partial charge in [-0.3, -0.25) is 4.79 Å². The first-order chi connectivity index (χ1) is 12.3. The van der Waals surface area contributed by atoms with Gasteiger partial charge in [0.2, 0.25) is 5.95 Å². The predicted molar refractivity (Wildman–Crippen MR) is 89.4 cm³/mol. The van der Waals surface area contributed by atoms with Crippen molar-refractivity contribution < 1.29 is 27.4 Å². The number of carbonyl (C=O) groups excluding carboxylic acids is 1. The summed E-state index contributed by atoms with van der Waals surface area (Å²) in [6.45, 7) is 1.91. The van der Waals surface area contributed by atoms with Gasteiger partial charge < -0.3 is 20.1 Å². The van der Waals surface area contributed by atoms with Crippen molar-refractivity contribution in [3.8, 4) is 11.5 Å². The van der Waals surface area contributed by atoms with Crippen LogP contribution in [0.25, 0.3) is 0 Å². The van der Waals surface area contributed by atoms with E-state index in [0.717, 1.165) is 0 Å². The van der Waals surface area contributed by atoms with Gasteiger partial charge in [-0.15, -0.1) is 0 Å². The third kappa shape index (κ3) is 4.13. The summed E-state index contributed by atoms with van der Waals surface area (Å²) in [5.74, 6) is 0.129. The van der Waals surface area contributed by atoms with E-state index < -0.39 is 11.7 Å². The summed E-state index contributed by atoms with van der Waals surface area (Å²) in [6.07, 6.45) is -3.29. The fourth-order valence-corrected chi connectivity index (χ4v) is 2.18. The zero-order valence-electron chi connectivity index (χ0n) is 14.3. The molecule has 0 saturated heterocycles. The second-order valence-corrected chi connectivity index (χ2v) is 5.02. The summed E-state index contributed by atoms with van der Waals surface area (Å²) < 4.78 is 49.4. The smallest absolute Gasteiger partial charge is 0.421 e. The van der Waals surface area contributed by atoms with Crippen LogP contribution in [0.15, 0.2) is 18.3 Å². The predicted octanol–water partition coefficient (Wildman–Crippen LogP) is 3.50. The van der Waals surface area contributed by atoms with Crippen LogP contribution in [-0.2, 0) is 6.18 Å². The summed E-state index contributed by atoms with van der Waals surface area (Å²) in [5.41, 5.74) is -0.375. The molecular weight excluding hydrogens is 353 g/mol. The Labute approximate surface area is 147 Å². The van der Waals surface area contributed by atoms with Gasteiger partial charge in [0.1, 0.15) is 22.9 Å². The molecule has 0 saturated carbocycles. The fourth-order valence-electron chi connectivity index (χ4n) is 2.18. The van der Waals surface area contributed by atoms with Crippen molar-refractivity contribution in [1.82, 2.24) is 9.97 Å². The van der Waals surface area contributed by atoms with Gasteiger partial charge in [-0.05, 0) is 13.0 Å². The van der Waals surface area contributed by atoms with Crippen LogP contribution in [0.3, 0.4) is 0 Å². The van der Waals surface area contributed by atoms with E-state index in [1.54, 1.807) is 6.92 Å². The lowest BCUT2D eigenvalue weighted by Crippen LogP contribution is -2.14. The number of aldehydes is 1. The van der Waals surface area contributed by atoms with E-state index >= 15 is 0 Å². The number of ether oxygens (including phenoxy) is 2. The summed E-state index contributed by atoms with van der Waals surface area (Å²) in [5, 5.41) is 5.34. The molecule has 0 bridgehead atoms. The first kappa shape index (κ1) is 19.3. The quantitative estimate of drug-likeness (QED) is 0.722. The highest BCUT2D eigenvalue weighted by atomic mass is 19.4. The monoisotopic (exact) mass is 370 g/mol. The van der Waals surface area contributed by atoms with Crippen molar-refractivity contribution in [3.05, 3.63) is 29.5 Å². The molecule has 0 aliphatic carbocycles. The molecule has 1 heterocycles. The minimum Gasteiger partial charge on any atom is -0.496 e. The normalized spacial score (nSPS) is 11.0. The van der Waals surface area contributed by atoms with Crippen LogP contribution < -0.4 is 20.1 Å². The van der Waals surface area contributed by atoms with Crippen LogP contribution in [0.4, 0.5) is 30.6 Å². The molecule has 0 aliphatic heterocycles. The van der Waals surface area contributed by atoms with E-state index in [2.05, 4.69) is 20.6 Å². The van der Waals surface area contributed by atoms with E-state index in [4.69, 9.17) is 9.47 Å². The number of alkyl halides is 3. The average molecular weight is 370 g/mol. The van der Waals surface area contributed by atoms with Crippen molar-refractivity contribution in [2.24, 2.45) is 0 Å². The molecule has 1 aromatic carbocycles. The van der Waals surface area contributed by atoms with Crippen molar-refractivity contribution in [2.45, 2.75) is 13.1 Å². The zero-order valence-corrected chi connectivity index (χ0v) is 14.3. The lowest BCUT2D eigenvalue weighted by molar-refractivity contribution is -0.137. The van der Waals surface area contributed by atoms with E-state index in [1.807, 2.05) is 0 Å². The Morgan fingerprint density at radius 3 is 2.42 bits per heavy atom. The molecule has 26 heavy (non-hydrogen) atoms. The molecule has 2 rings (SSSR count). The Kier molecular flexibility index (Phi) is 5.86. The molecule has 140 valence electrons. The fraction of sp³-hybridized carbons (Fsp3) is 0.312. The number of hydrogen-bond donors (Lipinski definition) is 2. The van der Waals surface area contributed by atoms with Gasteiger partial charge in [0.25, 0.3) is 0 Å². The Hall–Kier alpha value is -3.04. The number of rotatable bonds is 7. The first-order valence-electron chi connectivity index (χ1n) is 7.50. The lowest BCUT2D eigenvalue weighted by atomic mass is 10.1. The minimum absolute atomic E-state index is 0.0758. The van der Waals surface area contributed by atoms with Crippen molar-refractivity contribution >= 4 is 23.7 Å². The lowest BCUT2D eigenvalue weighted by Gasteiger charge is -2.16. The van der Waals surface area contributed by atoms with E-state index in [0.29, 0.717) is 18.2 Å². The van der Waals surface area contributed by atoms with Crippen LogP contribution >= 0.6 is 0 Å². The summed E-state index contributed by atoms with van der Waals surface area (Å²) in [6, 6.07) is 2.90. The van der Waals surface area contributed by atoms with E-state index in [9.17, 15) is 18.0 Å². The van der Waals surface area contributed by atoms with Crippen LogP contribution in [0.5, 0.6) is 11.5 Å². The highest BCUT2D eigenvalue weighted by molar-refractivity contribution is 5.83. The highest BCUT2D eigenvalue weighted by Gasteiger charge is 2.35. The summed E-state index contributed by atoms with van der Waals surface area (Å²) in [4.78, 5) is 18.7. The number of anilines is 3. The number of carbonyl (C=O) groups is 1. The van der Waals surface area contributed by atoms with Gasteiger partial charge in [-0.2, -0.15) is 18.2 Å². The van der Waals surface area contributed by atoms with Crippen LogP contribution in [0.1, 0.15) is 22.8 Å². The maximum atomic E-state index is 13.0. The Morgan fingerprint density at radius 1 is 1.19 bits per heavy atom. The Morgan fingerprint density at radius 2 is 1.88 bits per heavy atom. The summed E-state index contributed by atoms with van der Waals surface area (Å²) in [7, 11) is 2.77. The largest absolute Gasteiger partial charge is 0.496 e. The third-order valence-electron chi connectivity index (χ3n) is 3.36. The maximum absolute atomic E-state index is 13.0. The minimum atomic E-state index is -4.58. The van der Waals surface area contributed by atoms with Crippen LogP contribution in [0.2, 0.25) is 0 Å². The van der Waals surface area contributed by atoms with E-state index in [1.165, 1.54) is 26.4 Å².